The number of aromatic nitrogens is 1. The van der Waals surface area contributed by atoms with Gasteiger partial charge in [0.05, 0.1) is 17.0 Å². The number of aromatic amines is 1. The molecule has 0 aliphatic carbocycles. The lowest BCUT2D eigenvalue weighted by molar-refractivity contribution is 0.353. The molecule has 1 aromatic carbocycles. The van der Waals surface area contributed by atoms with Crippen LogP contribution in [0.1, 0.15) is 37.6 Å². The average molecular weight is 518 g/mol. The Bertz CT molecular complexity index is 979. The highest BCUT2D eigenvalue weighted by atomic mass is 127. The Labute approximate surface area is 185 Å². The number of nitrogens with one attached hydrogen (secondary N) is 2. The number of aryl methyl sites for hydroxylation is 2. The summed E-state index contributed by atoms with van der Waals surface area (Å²) >= 11 is 0. The molecule has 156 valence electrons. The van der Waals surface area contributed by atoms with Crippen LogP contribution in [0.25, 0.3) is 10.9 Å². The first-order valence-corrected chi connectivity index (χ1v) is 11.1. The number of aliphatic imine (C=N–C) groups is 1. The van der Waals surface area contributed by atoms with Crippen LogP contribution in [0.4, 0.5) is 0 Å². The fourth-order valence-corrected chi connectivity index (χ4v) is 4.89. The van der Waals surface area contributed by atoms with E-state index in [-0.39, 0.29) is 29.7 Å². The largest absolute Gasteiger partial charge is 0.358 e. The van der Waals surface area contributed by atoms with Crippen LogP contribution in [0, 0.1) is 13.8 Å². The Kier molecular flexibility index (Phi) is 7.07. The van der Waals surface area contributed by atoms with Gasteiger partial charge in [0.15, 0.2) is 15.8 Å². The number of guanidine groups is 1. The molecule has 0 saturated carbocycles. The second-order valence-corrected chi connectivity index (χ2v) is 10.7. The average Bonchev–Trinajstić information content (AvgIpc) is 2.88. The number of benzene rings is 1. The summed E-state index contributed by atoms with van der Waals surface area (Å²) in [4.78, 5) is 10.2. The minimum absolute atomic E-state index is 0. The molecule has 28 heavy (non-hydrogen) atoms. The van der Waals surface area contributed by atoms with Crippen LogP contribution in [-0.4, -0.2) is 54.4 Å². The van der Waals surface area contributed by atoms with Gasteiger partial charge in [-0.15, -0.1) is 24.0 Å². The molecule has 0 bridgehead atoms. The fourth-order valence-electron chi connectivity index (χ4n) is 3.52. The topological polar surface area (TPSA) is 77.6 Å². The number of hydrogen-bond donors (Lipinski definition) is 2. The van der Waals surface area contributed by atoms with Gasteiger partial charge in [-0.1, -0.05) is 6.07 Å². The van der Waals surface area contributed by atoms with Crippen LogP contribution in [0.3, 0.4) is 0 Å². The van der Waals surface area contributed by atoms with E-state index in [1.807, 2.05) is 6.92 Å². The smallest absolute Gasteiger partial charge is 0.194 e. The van der Waals surface area contributed by atoms with Crippen molar-refractivity contribution >= 4 is 50.7 Å². The Hall–Kier alpha value is -1.29. The van der Waals surface area contributed by atoms with Crippen LogP contribution in [0.5, 0.6) is 0 Å². The second kappa shape index (κ2) is 8.61. The standard InChI is InChI=1S/C20H30N4O2S.HI/c1-6-21-19(24-9-10-27(25,26)20(4,5)13-24)22-12-16-7-8-18-17(11-16)14(2)15(3)23-18;/h7-8,11,23H,6,9-10,12-13H2,1-5H3,(H,21,22);1H. The predicted octanol–water partition coefficient (Wildman–Crippen LogP) is 3.38. The maximum absolute atomic E-state index is 12.3. The molecule has 1 aliphatic rings. The van der Waals surface area contributed by atoms with E-state index in [1.165, 1.54) is 16.6 Å². The van der Waals surface area contributed by atoms with E-state index in [2.05, 4.69) is 47.2 Å². The number of hydrogen-bond acceptors (Lipinski definition) is 3. The van der Waals surface area contributed by atoms with Crippen molar-refractivity contribution in [1.82, 2.24) is 15.2 Å². The summed E-state index contributed by atoms with van der Waals surface area (Å²) < 4.78 is 23.8. The molecular formula is C20H31IN4O2S. The first kappa shape index (κ1) is 23.0. The molecule has 1 saturated heterocycles. The molecule has 0 radical (unpaired) electrons. The third kappa shape index (κ3) is 4.48. The highest BCUT2D eigenvalue weighted by Gasteiger charge is 2.40. The van der Waals surface area contributed by atoms with Gasteiger partial charge in [-0.2, -0.15) is 0 Å². The molecule has 0 amide bonds. The van der Waals surface area contributed by atoms with Gasteiger partial charge in [0, 0.05) is 36.2 Å². The van der Waals surface area contributed by atoms with Crippen LogP contribution in [0.2, 0.25) is 0 Å². The maximum atomic E-state index is 12.3. The number of fused-ring (bicyclic) bond motifs is 1. The lowest BCUT2D eigenvalue weighted by atomic mass is 10.1. The monoisotopic (exact) mass is 518 g/mol. The van der Waals surface area contributed by atoms with Crippen molar-refractivity contribution in [3.63, 3.8) is 0 Å². The summed E-state index contributed by atoms with van der Waals surface area (Å²) in [5.74, 6) is 0.945. The zero-order valence-corrected chi connectivity index (χ0v) is 20.4. The molecule has 2 N–H and O–H groups in total. The zero-order valence-electron chi connectivity index (χ0n) is 17.3. The van der Waals surface area contributed by atoms with Crippen LogP contribution in [-0.2, 0) is 16.4 Å². The van der Waals surface area contributed by atoms with E-state index in [9.17, 15) is 8.42 Å². The zero-order chi connectivity index (χ0) is 19.8. The van der Waals surface area contributed by atoms with E-state index in [1.54, 1.807) is 13.8 Å². The predicted molar refractivity (Wildman–Crippen MR) is 127 cm³/mol. The minimum Gasteiger partial charge on any atom is -0.358 e. The molecule has 0 atom stereocenters. The summed E-state index contributed by atoms with van der Waals surface area (Å²) in [6, 6.07) is 6.38. The molecule has 6 nitrogen and oxygen atoms in total. The summed E-state index contributed by atoms with van der Waals surface area (Å²) in [7, 11) is -3.06. The van der Waals surface area contributed by atoms with Crippen molar-refractivity contribution < 1.29 is 8.42 Å². The lowest BCUT2D eigenvalue weighted by Gasteiger charge is -2.39. The highest BCUT2D eigenvalue weighted by molar-refractivity contribution is 14.0. The molecule has 0 unspecified atom stereocenters. The van der Waals surface area contributed by atoms with Gasteiger partial charge in [0.2, 0.25) is 0 Å². The SMILES string of the molecule is CCNC(=NCc1ccc2[nH]c(C)c(C)c2c1)N1CCS(=O)(=O)C(C)(C)C1.I. The van der Waals surface area contributed by atoms with Crippen LogP contribution >= 0.6 is 24.0 Å². The highest BCUT2D eigenvalue weighted by Crippen LogP contribution is 2.25. The van der Waals surface area contributed by atoms with Crippen molar-refractivity contribution in [1.29, 1.82) is 0 Å². The van der Waals surface area contributed by atoms with Gasteiger partial charge in [-0.3, -0.25) is 0 Å². The molecule has 8 heteroatoms. The number of nitrogens with zero attached hydrogens (tertiary/aromatic N) is 2. The first-order valence-electron chi connectivity index (χ1n) is 9.48. The summed E-state index contributed by atoms with van der Waals surface area (Å²) in [5, 5.41) is 4.55. The van der Waals surface area contributed by atoms with Crippen molar-refractivity contribution in [2.24, 2.45) is 4.99 Å². The van der Waals surface area contributed by atoms with Gasteiger partial charge < -0.3 is 15.2 Å². The number of sulfone groups is 1. The molecule has 1 aliphatic heterocycles. The van der Waals surface area contributed by atoms with Crippen molar-refractivity contribution in [2.45, 2.75) is 45.9 Å². The number of rotatable bonds is 3. The van der Waals surface area contributed by atoms with Gasteiger partial charge >= 0.3 is 0 Å². The van der Waals surface area contributed by atoms with E-state index < -0.39 is 14.6 Å². The Balaban J connectivity index is 0.00000280. The molecule has 2 aromatic rings. The summed E-state index contributed by atoms with van der Waals surface area (Å²) in [6.07, 6.45) is 0. The van der Waals surface area contributed by atoms with E-state index >= 15 is 0 Å². The quantitative estimate of drug-likeness (QED) is 0.371. The van der Waals surface area contributed by atoms with E-state index in [4.69, 9.17) is 4.99 Å². The van der Waals surface area contributed by atoms with E-state index in [0.29, 0.717) is 19.6 Å². The van der Waals surface area contributed by atoms with Gasteiger partial charge in [0.25, 0.3) is 0 Å². The molecular weight excluding hydrogens is 487 g/mol. The Morgan fingerprint density at radius 3 is 2.68 bits per heavy atom. The number of H-pyrrole nitrogens is 1. The van der Waals surface area contributed by atoms with Crippen molar-refractivity contribution in [2.75, 3.05) is 25.4 Å². The van der Waals surface area contributed by atoms with E-state index in [0.717, 1.165) is 23.6 Å². The van der Waals surface area contributed by atoms with Crippen LogP contribution < -0.4 is 5.32 Å². The maximum Gasteiger partial charge on any atom is 0.194 e. The minimum atomic E-state index is -3.06. The van der Waals surface area contributed by atoms with Gasteiger partial charge in [-0.25, -0.2) is 13.4 Å². The molecule has 2 heterocycles. The van der Waals surface area contributed by atoms with Crippen molar-refractivity contribution in [3.05, 3.63) is 35.0 Å². The summed E-state index contributed by atoms with van der Waals surface area (Å²) in [5.41, 5.74) is 4.75. The molecule has 3 rings (SSSR count). The molecule has 1 aromatic heterocycles. The third-order valence-electron chi connectivity index (χ3n) is 5.46. The Morgan fingerprint density at radius 2 is 2.04 bits per heavy atom. The number of halogens is 1. The fraction of sp³-hybridized carbons (Fsp3) is 0.550. The third-order valence-corrected chi connectivity index (χ3v) is 7.99. The second-order valence-electron chi connectivity index (χ2n) is 7.93. The molecule has 1 fully saturated rings. The first-order chi connectivity index (χ1) is 12.6. The van der Waals surface area contributed by atoms with Gasteiger partial charge in [-0.05, 0) is 57.9 Å². The Morgan fingerprint density at radius 1 is 1.32 bits per heavy atom. The molecule has 0 spiro atoms. The van der Waals surface area contributed by atoms with Crippen LogP contribution in [0.15, 0.2) is 23.2 Å². The summed E-state index contributed by atoms with van der Waals surface area (Å²) in [6.45, 7) is 12.1. The van der Waals surface area contributed by atoms with Gasteiger partial charge in [0.1, 0.15) is 0 Å². The lowest BCUT2D eigenvalue weighted by Crippen LogP contribution is -2.57. The normalized spacial score (nSPS) is 18.8. The van der Waals surface area contributed by atoms with Crippen molar-refractivity contribution in [3.8, 4) is 0 Å².